The maximum Gasteiger partial charge on any atom is 0.304 e. The van der Waals surface area contributed by atoms with Crippen molar-refractivity contribution in [2.75, 3.05) is 59.5 Å². The zero-order valence-corrected chi connectivity index (χ0v) is 18.2. The number of anilines is 2. The first-order chi connectivity index (χ1) is 13.0. The number of halogens is 4. The molecule has 27 heavy (non-hydrogen) atoms. The van der Waals surface area contributed by atoms with E-state index in [1.165, 1.54) is 0 Å². The highest BCUT2D eigenvalue weighted by Gasteiger charge is 2.17. The summed E-state index contributed by atoms with van der Waals surface area (Å²) < 4.78 is 0. The molecule has 5 nitrogen and oxygen atoms in total. The third kappa shape index (κ3) is 8.53. The first kappa shape index (κ1) is 24.4. The van der Waals surface area contributed by atoms with Gasteiger partial charge in [0.15, 0.2) is 0 Å². The maximum atomic E-state index is 11.0. The summed E-state index contributed by atoms with van der Waals surface area (Å²) in [6.07, 6.45) is 0.341. The predicted molar refractivity (Wildman–Crippen MR) is 118 cm³/mol. The Morgan fingerprint density at radius 3 is 1.96 bits per heavy atom. The van der Waals surface area contributed by atoms with E-state index in [1.54, 1.807) is 0 Å². The summed E-state index contributed by atoms with van der Waals surface area (Å²) in [4.78, 5) is 15.2. The lowest BCUT2D eigenvalue weighted by Crippen LogP contribution is -2.32. The minimum Gasteiger partial charge on any atom is -0.481 e. The Morgan fingerprint density at radius 2 is 1.48 bits per heavy atom. The van der Waals surface area contributed by atoms with Gasteiger partial charge in [0, 0.05) is 67.1 Å². The molecule has 0 heterocycles. The van der Waals surface area contributed by atoms with Crippen LogP contribution in [0.3, 0.4) is 0 Å². The normalized spacial score (nSPS) is 12.0. The molecular formula is C18H27Cl4N3O2. The number of alkyl halides is 4. The van der Waals surface area contributed by atoms with Crippen molar-refractivity contribution in [2.45, 2.75) is 18.9 Å². The molecule has 154 valence electrons. The number of carboxylic acids is 1. The number of hydrogen-bond acceptors (Lipinski definition) is 4. The van der Waals surface area contributed by atoms with E-state index in [-0.39, 0.29) is 6.42 Å². The fourth-order valence-electron chi connectivity index (χ4n) is 2.95. The van der Waals surface area contributed by atoms with Crippen LogP contribution in [0.5, 0.6) is 0 Å². The van der Waals surface area contributed by atoms with Crippen LogP contribution in [0.25, 0.3) is 0 Å². The quantitative estimate of drug-likeness (QED) is 0.417. The lowest BCUT2D eigenvalue weighted by atomic mass is 10.0. The average Bonchev–Trinajstić information content (AvgIpc) is 2.60. The summed E-state index contributed by atoms with van der Waals surface area (Å²) in [5, 5.41) is 9.03. The van der Waals surface area contributed by atoms with Crippen LogP contribution in [0.1, 0.15) is 12.0 Å². The van der Waals surface area contributed by atoms with E-state index in [2.05, 4.69) is 9.80 Å². The molecule has 0 aliphatic carbocycles. The highest BCUT2D eigenvalue weighted by Crippen LogP contribution is 2.28. The summed E-state index contributed by atoms with van der Waals surface area (Å²) in [5.41, 5.74) is 8.97. The zero-order chi connectivity index (χ0) is 20.2. The summed E-state index contributed by atoms with van der Waals surface area (Å²) in [5.74, 6) is 0.978. The molecule has 0 aliphatic rings. The monoisotopic (exact) mass is 457 g/mol. The number of benzene rings is 1. The molecule has 1 rings (SSSR count). The Bertz CT molecular complexity index is 566. The Balaban J connectivity index is 3.24. The molecule has 1 aromatic carbocycles. The van der Waals surface area contributed by atoms with Crippen LogP contribution in [0.2, 0.25) is 0 Å². The molecule has 0 unspecified atom stereocenters. The first-order valence-electron chi connectivity index (χ1n) is 8.80. The lowest BCUT2D eigenvalue weighted by Gasteiger charge is -2.29. The molecule has 1 atom stereocenters. The van der Waals surface area contributed by atoms with E-state index in [1.807, 2.05) is 18.2 Å². The van der Waals surface area contributed by atoms with Crippen LogP contribution in [0, 0.1) is 0 Å². The molecular weight excluding hydrogens is 432 g/mol. The van der Waals surface area contributed by atoms with Gasteiger partial charge in [-0.15, -0.1) is 46.4 Å². The van der Waals surface area contributed by atoms with Crippen molar-refractivity contribution in [2.24, 2.45) is 5.73 Å². The van der Waals surface area contributed by atoms with Crippen LogP contribution in [0.15, 0.2) is 18.2 Å². The van der Waals surface area contributed by atoms with E-state index in [9.17, 15) is 4.79 Å². The first-order valence-corrected chi connectivity index (χ1v) is 10.9. The summed E-state index contributed by atoms with van der Waals surface area (Å²) >= 11 is 23.7. The molecule has 0 saturated heterocycles. The Kier molecular flexibility index (Phi) is 12.3. The van der Waals surface area contributed by atoms with E-state index in [4.69, 9.17) is 57.2 Å². The van der Waals surface area contributed by atoms with Crippen molar-refractivity contribution in [3.05, 3.63) is 23.8 Å². The molecule has 0 amide bonds. The third-order valence-electron chi connectivity index (χ3n) is 4.11. The minimum atomic E-state index is -0.913. The van der Waals surface area contributed by atoms with Crippen LogP contribution >= 0.6 is 46.4 Å². The van der Waals surface area contributed by atoms with Crippen molar-refractivity contribution >= 4 is 63.7 Å². The molecule has 0 spiro atoms. The number of nitrogens with zero attached hydrogens (tertiary/aromatic N) is 2. The van der Waals surface area contributed by atoms with E-state index in [0.717, 1.165) is 16.9 Å². The third-order valence-corrected chi connectivity index (χ3v) is 4.78. The molecule has 0 fully saturated rings. The molecule has 3 N–H and O–H groups in total. The van der Waals surface area contributed by atoms with Gasteiger partial charge in [0.2, 0.25) is 0 Å². The van der Waals surface area contributed by atoms with Crippen LogP contribution < -0.4 is 15.5 Å². The molecule has 0 saturated carbocycles. The Hall–Kier alpha value is -0.590. The highest BCUT2D eigenvalue weighted by atomic mass is 35.5. The van der Waals surface area contributed by atoms with Gasteiger partial charge in [-0.1, -0.05) is 0 Å². The molecule has 0 bridgehead atoms. The maximum absolute atomic E-state index is 11.0. The smallest absolute Gasteiger partial charge is 0.304 e. The fraction of sp³-hybridized carbons (Fsp3) is 0.611. The number of hydrogen-bond donors (Lipinski definition) is 2. The van der Waals surface area contributed by atoms with E-state index in [0.29, 0.717) is 56.1 Å². The van der Waals surface area contributed by atoms with Gasteiger partial charge in [-0.2, -0.15) is 0 Å². The van der Waals surface area contributed by atoms with Gasteiger partial charge >= 0.3 is 5.97 Å². The Labute approximate surface area is 181 Å². The standard InChI is InChI=1S/C18H27Cl4N3O2/c19-3-7-24(8-4-20)16-1-2-17(25(9-5-21)10-6-22)14(12-16)11-15(23)13-18(26)27/h1-2,12,15H,3-11,13,23H2,(H,26,27)/t15-/m0/s1. The number of rotatable bonds is 14. The second-order valence-corrected chi connectivity index (χ2v) is 7.62. The highest BCUT2D eigenvalue weighted by molar-refractivity contribution is 6.19. The lowest BCUT2D eigenvalue weighted by molar-refractivity contribution is -0.137. The largest absolute Gasteiger partial charge is 0.481 e. The topological polar surface area (TPSA) is 69.8 Å². The van der Waals surface area contributed by atoms with Crippen molar-refractivity contribution in [1.82, 2.24) is 0 Å². The van der Waals surface area contributed by atoms with E-state index < -0.39 is 12.0 Å². The minimum absolute atomic E-state index is 0.0955. The van der Waals surface area contributed by atoms with Gasteiger partial charge in [0.1, 0.15) is 0 Å². The Morgan fingerprint density at radius 1 is 0.963 bits per heavy atom. The molecule has 0 radical (unpaired) electrons. The zero-order valence-electron chi connectivity index (χ0n) is 15.2. The average molecular weight is 459 g/mol. The van der Waals surface area contributed by atoms with Crippen LogP contribution in [0.4, 0.5) is 11.4 Å². The summed E-state index contributed by atoms with van der Waals surface area (Å²) in [6, 6.07) is 5.56. The van der Waals surface area contributed by atoms with Gasteiger partial charge < -0.3 is 20.6 Å². The number of nitrogens with two attached hydrogens (primary N) is 1. The SMILES string of the molecule is N[C@H](CC(=O)O)Cc1cc(N(CCCl)CCCl)ccc1N(CCCl)CCCl. The summed E-state index contributed by atoms with van der Waals surface area (Å²) in [7, 11) is 0. The van der Waals surface area contributed by atoms with Gasteiger partial charge in [-0.25, -0.2) is 0 Å². The summed E-state index contributed by atoms with van der Waals surface area (Å²) in [6.45, 7) is 2.62. The van der Waals surface area contributed by atoms with Gasteiger partial charge in [-0.05, 0) is 30.2 Å². The second kappa shape index (κ2) is 13.6. The number of aliphatic carboxylic acids is 1. The second-order valence-electron chi connectivity index (χ2n) is 6.11. The predicted octanol–water partition coefficient (Wildman–Crippen LogP) is 3.60. The number of carboxylic acid groups (broad SMARTS) is 1. The molecule has 9 heteroatoms. The van der Waals surface area contributed by atoms with Gasteiger partial charge in [-0.3, -0.25) is 4.79 Å². The van der Waals surface area contributed by atoms with Crippen molar-refractivity contribution in [1.29, 1.82) is 0 Å². The molecule has 0 aromatic heterocycles. The van der Waals surface area contributed by atoms with Crippen LogP contribution in [-0.2, 0) is 11.2 Å². The molecule has 1 aromatic rings. The van der Waals surface area contributed by atoms with E-state index >= 15 is 0 Å². The van der Waals surface area contributed by atoms with Crippen molar-refractivity contribution < 1.29 is 9.90 Å². The number of carbonyl (C=O) groups is 1. The fourth-order valence-corrected chi connectivity index (χ4v) is 3.77. The van der Waals surface area contributed by atoms with Gasteiger partial charge in [0.05, 0.1) is 6.42 Å². The molecule has 0 aliphatic heterocycles. The van der Waals surface area contributed by atoms with Crippen molar-refractivity contribution in [3.8, 4) is 0 Å². The van der Waals surface area contributed by atoms with Crippen LogP contribution in [-0.4, -0.2) is 66.8 Å². The van der Waals surface area contributed by atoms with Crippen molar-refractivity contribution in [3.63, 3.8) is 0 Å². The van der Waals surface area contributed by atoms with Gasteiger partial charge in [0.25, 0.3) is 0 Å².